The van der Waals surface area contributed by atoms with Gasteiger partial charge >= 0.3 is 6.18 Å². The van der Waals surface area contributed by atoms with Gasteiger partial charge in [-0.1, -0.05) is 18.2 Å². The highest BCUT2D eigenvalue weighted by Gasteiger charge is 2.30. The lowest BCUT2D eigenvalue weighted by atomic mass is 10.1. The summed E-state index contributed by atoms with van der Waals surface area (Å²) in [4.78, 5) is 12.8. The molecule has 2 aromatic rings. The molecule has 0 aliphatic heterocycles. The van der Waals surface area contributed by atoms with Crippen molar-refractivity contribution in [3.63, 3.8) is 0 Å². The monoisotopic (exact) mass is 325 g/mol. The molecule has 0 saturated heterocycles. The van der Waals surface area contributed by atoms with Crippen molar-refractivity contribution < 1.29 is 18.0 Å². The zero-order chi connectivity index (χ0) is 16.0. The van der Waals surface area contributed by atoms with E-state index in [4.69, 9.17) is 0 Å². The van der Waals surface area contributed by atoms with Crippen molar-refractivity contribution in [2.24, 2.45) is 0 Å². The minimum Gasteiger partial charge on any atom is -0.352 e. The standard InChI is InChI=1S/C16H14F3NOS/c17-16(18,19)13-4-1-3-12(11-13)6-7-15(21)20-9-8-14-5-2-10-22-14/h1-7,10-11H,8-9H2,(H,20,21)/b7-6+. The number of carbonyl (C=O) groups excluding carboxylic acids is 1. The molecule has 0 fully saturated rings. The first kappa shape index (κ1) is 16.3. The predicted octanol–water partition coefficient (Wildman–Crippen LogP) is 4.14. The van der Waals surface area contributed by atoms with Gasteiger partial charge < -0.3 is 5.32 Å². The maximum Gasteiger partial charge on any atom is 0.416 e. The van der Waals surface area contributed by atoms with E-state index < -0.39 is 11.7 Å². The SMILES string of the molecule is O=C(/C=C/c1cccc(C(F)(F)F)c1)NCCc1cccs1. The van der Waals surface area contributed by atoms with Crippen molar-refractivity contribution in [1.82, 2.24) is 5.32 Å². The lowest BCUT2D eigenvalue weighted by molar-refractivity contribution is -0.137. The Kier molecular flexibility index (Phi) is 5.38. The Morgan fingerprint density at radius 3 is 2.73 bits per heavy atom. The van der Waals surface area contributed by atoms with Crippen molar-refractivity contribution in [3.8, 4) is 0 Å². The van der Waals surface area contributed by atoms with Gasteiger partial charge in [-0.15, -0.1) is 11.3 Å². The molecule has 116 valence electrons. The van der Waals surface area contributed by atoms with Gasteiger partial charge in [-0.2, -0.15) is 13.2 Å². The van der Waals surface area contributed by atoms with Crippen LogP contribution in [-0.4, -0.2) is 12.5 Å². The summed E-state index contributed by atoms with van der Waals surface area (Å²) in [6.45, 7) is 0.492. The maximum atomic E-state index is 12.6. The van der Waals surface area contributed by atoms with Crippen molar-refractivity contribution in [3.05, 3.63) is 63.9 Å². The summed E-state index contributed by atoms with van der Waals surface area (Å²) in [6, 6.07) is 8.76. The average molecular weight is 325 g/mol. The second kappa shape index (κ2) is 7.26. The van der Waals surface area contributed by atoms with E-state index in [0.717, 1.165) is 18.6 Å². The van der Waals surface area contributed by atoms with Crippen LogP contribution in [0.5, 0.6) is 0 Å². The second-order valence-electron chi connectivity index (χ2n) is 4.58. The number of nitrogens with one attached hydrogen (secondary N) is 1. The number of benzene rings is 1. The van der Waals surface area contributed by atoms with Crippen LogP contribution in [-0.2, 0) is 17.4 Å². The van der Waals surface area contributed by atoms with Crippen LogP contribution < -0.4 is 5.32 Å². The summed E-state index contributed by atoms with van der Waals surface area (Å²) < 4.78 is 37.7. The van der Waals surface area contributed by atoms with Crippen LogP contribution in [0.2, 0.25) is 0 Å². The van der Waals surface area contributed by atoms with Crippen LogP contribution in [0.1, 0.15) is 16.0 Å². The Morgan fingerprint density at radius 1 is 1.23 bits per heavy atom. The lowest BCUT2D eigenvalue weighted by Gasteiger charge is -2.06. The molecule has 6 heteroatoms. The molecule has 1 N–H and O–H groups in total. The van der Waals surface area contributed by atoms with Crippen LogP contribution >= 0.6 is 11.3 Å². The highest BCUT2D eigenvalue weighted by molar-refractivity contribution is 7.09. The molecule has 0 bridgehead atoms. The largest absolute Gasteiger partial charge is 0.416 e. The van der Waals surface area contributed by atoms with Gasteiger partial charge in [-0.05, 0) is 41.6 Å². The van der Waals surface area contributed by atoms with Gasteiger partial charge in [0.1, 0.15) is 0 Å². The maximum absolute atomic E-state index is 12.6. The van der Waals surface area contributed by atoms with Gasteiger partial charge in [0.05, 0.1) is 5.56 Å². The van der Waals surface area contributed by atoms with Crippen LogP contribution in [0.4, 0.5) is 13.2 Å². The molecule has 2 rings (SSSR count). The third-order valence-electron chi connectivity index (χ3n) is 2.89. The quantitative estimate of drug-likeness (QED) is 0.823. The van der Waals surface area contributed by atoms with E-state index in [1.165, 1.54) is 29.2 Å². The molecule has 1 aromatic heterocycles. The number of amides is 1. The number of hydrogen-bond donors (Lipinski definition) is 1. The van der Waals surface area contributed by atoms with Crippen LogP contribution in [0.25, 0.3) is 6.08 Å². The third kappa shape index (κ3) is 5.04. The van der Waals surface area contributed by atoms with Crippen molar-refractivity contribution >= 4 is 23.3 Å². The number of halogens is 3. The molecule has 0 spiro atoms. The Labute approximate surface area is 130 Å². The van der Waals surface area contributed by atoms with E-state index in [9.17, 15) is 18.0 Å². The Hall–Kier alpha value is -2.08. The highest BCUT2D eigenvalue weighted by atomic mass is 32.1. The summed E-state index contributed by atoms with van der Waals surface area (Å²) in [5.74, 6) is -0.325. The molecule has 1 heterocycles. The Balaban J connectivity index is 1.87. The van der Waals surface area contributed by atoms with Gasteiger partial charge in [-0.25, -0.2) is 0 Å². The van der Waals surface area contributed by atoms with Gasteiger partial charge in [0.25, 0.3) is 0 Å². The number of thiophene rings is 1. The fourth-order valence-electron chi connectivity index (χ4n) is 1.81. The lowest BCUT2D eigenvalue weighted by Crippen LogP contribution is -2.23. The summed E-state index contributed by atoms with van der Waals surface area (Å²) in [5, 5.41) is 4.66. The molecule has 2 nitrogen and oxygen atoms in total. The molecule has 0 unspecified atom stereocenters. The summed E-state index contributed by atoms with van der Waals surface area (Å²) in [6.07, 6.45) is -1.03. The van der Waals surface area contributed by atoms with E-state index in [-0.39, 0.29) is 5.91 Å². The van der Waals surface area contributed by atoms with E-state index in [0.29, 0.717) is 12.1 Å². The first-order valence-electron chi connectivity index (χ1n) is 6.61. The molecule has 1 amide bonds. The van der Waals surface area contributed by atoms with Crippen LogP contribution in [0.15, 0.2) is 47.9 Å². The molecule has 0 aliphatic carbocycles. The van der Waals surface area contributed by atoms with Gasteiger partial charge in [0, 0.05) is 17.5 Å². The van der Waals surface area contributed by atoms with Crippen molar-refractivity contribution in [2.45, 2.75) is 12.6 Å². The van der Waals surface area contributed by atoms with E-state index in [2.05, 4.69) is 5.32 Å². The second-order valence-corrected chi connectivity index (χ2v) is 5.61. The normalized spacial score (nSPS) is 11.8. The van der Waals surface area contributed by atoms with Gasteiger partial charge in [0.2, 0.25) is 5.91 Å². The molecule has 0 saturated carbocycles. The molecular formula is C16H14F3NOS. The number of alkyl halides is 3. The van der Waals surface area contributed by atoms with E-state index in [1.807, 2.05) is 17.5 Å². The first-order chi connectivity index (χ1) is 10.4. The average Bonchev–Trinajstić information content (AvgIpc) is 2.98. The Bertz CT molecular complexity index is 648. The molecule has 22 heavy (non-hydrogen) atoms. The van der Waals surface area contributed by atoms with Crippen molar-refractivity contribution in [1.29, 1.82) is 0 Å². The minimum atomic E-state index is -4.38. The molecule has 0 aliphatic rings. The Morgan fingerprint density at radius 2 is 2.05 bits per heavy atom. The van der Waals surface area contributed by atoms with Crippen molar-refractivity contribution in [2.75, 3.05) is 6.54 Å². The number of rotatable bonds is 5. The molecule has 0 atom stereocenters. The molecule has 0 radical (unpaired) electrons. The van der Waals surface area contributed by atoms with E-state index in [1.54, 1.807) is 11.3 Å². The molecule has 1 aromatic carbocycles. The summed E-state index contributed by atoms with van der Waals surface area (Å²) >= 11 is 1.61. The zero-order valence-electron chi connectivity index (χ0n) is 11.6. The fourth-order valence-corrected chi connectivity index (χ4v) is 2.52. The van der Waals surface area contributed by atoms with Crippen LogP contribution in [0, 0.1) is 0 Å². The number of hydrogen-bond acceptors (Lipinski definition) is 2. The predicted molar refractivity (Wildman–Crippen MR) is 81.5 cm³/mol. The van der Waals surface area contributed by atoms with Gasteiger partial charge in [-0.3, -0.25) is 4.79 Å². The summed E-state index contributed by atoms with van der Waals surface area (Å²) in [7, 11) is 0. The fraction of sp³-hybridized carbons (Fsp3) is 0.188. The van der Waals surface area contributed by atoms with Crippen LogP contribution in [0.3, 0.4) is 0 Å². The smallest absolute Gasteiger partial charge is 0.352 e. The molecular weight excluding hydrogens is 311 g/mol. The third-order valence-corrected chi connectivity index (χ3v) is 3.83. The minimum absolute atomic E-state index is 0.325. The van der Waals surface area contributed by atoms with Gasteiger partial charge in [0.15, 0.2) is 0 Å². The topological polar surface area (TPSA) is 29.1 Å². The zero-order valence-corrected chi connectivity index (χ0v) is 12.4. The first-order valence-corrected chi connectivity index (χ1v) is 7.49. The van der Waals surface area contributed by atoms with E-state index >= 15 is 0 Å². The number of carbonyl (C=O) groups is 1. The highest BCUT2D eigenvalue weighted by Crippen LogP contribution is 2.29. The summed E-state index contributed by atoms with van der Waals surface area (Å²) in [5.41, 5.74) is -0.393.